The molecule has 1 amide bonds. The average molecular weight is 442 g/mol. The molecule has 1 aliphatic rings. The standard InChI is InChI=1S/C18H26N4O.HI/c1-3-19-18(22-16-9-4-5-10-16)21-12-11-20-17(23)15-8-6-7-14(2)13-15;/h4-8,13,16H,3,9-12H2,1-2H3,(H,20,23)(H2,19,21,22);1H. The molecule has 0 spiro atoms. The van der Waals surface area contributed by atoms with Gasteiger partial charge in [-0.1, -0.05) is 29.8 Å². The fraction of sp³-hybridized carbons (Fsp3) is 0.444. The fourth-order valence-electron chi connectivity index (χ4n) is 2.47. The Labute approximate surface area is 161 Å². The van der Waals surface area contributed by atoms with E-state index >= 15 is 0 Å². The van der Waals surface area contributed by atoms with Crippen LogP contribution >= 0.6 is 24.0 Å². The van der Waals surface area contributed by atoms with E-state index in [2.05, 4.69) is 33.1 Å². The minimum Gasteiger partial charge on any atom is -0.357 e. The van der Waals surface area contributed by atoms with Gasteiger partial charge < -0.3 is 16.0 Å². The van der Waals surface area contributed by atoms with Gasteiger partial charge in [-0.25, -0.2) is 0 Å². The van der Waals surface area contributed by atoms with Gasteiger partial charge in [-0.15, -0.1) is 24.0 Å². The molecule has 0 saturated carbocycles. The van der Waals surface area contributed by atoms with Crippen molar-refractivity contribution in [1.29, 1.82) is 0 Å². The van der Waals surface area contributed by atoms with Crippen molar-refractivity contribution < 1.29 is 4.79 Å². The highest BCUT2D eigenvalue weighted by Crippen LogP contribution is 2.08. The van der Waals surface area contributed by atoms with E-state index in [1.54, 1.807) is 0 Å². The summed E-state index contributed by atoms with van der Waals surface area (Å²) in [5, 5.41) is 9.55. The molecule has 0 aliphatic heterocycles. The van der Waals surface area contributed by atoms with Crippen molar-refractivity contribution in [3.05, 3.63) is 47.5 Å². The molecular formula is C18H27IN4O. The number of nitrogens with one attached hydrogen (secondary N) is 3. The molecule has 0 heterocycles. The molecule has 0 bridgehead atoms. The van der Waals surface area contributed by atoms with Gasteiger partial charge in [0.15, 0.2) is 5.96 Å². The van der Waals surface area contributed by atoms with Crippen molar-refractivity contribution in [2.75, 3.05) is 19.6 Å². The lowest BCUT2D eigenvalue weighted by molar-refractivity contribution is 0.0954. The first-order valence-corrected chi connectivity index (χ1v) is 8.23. The number of rotatable bonds is 6. The van der Waals surface area contributed by atoms with E-state index in [1.807, 2.05) is 38.1 Å². The van der Waals surface area contributed by atoms with E-state index in [4.69, 9.17) is 0 Å². The zero-order valence-electron chi connectivity index (χ0n) is 14.3. The molecule has 5 nitrogen and oxygen atoms in total. The number of halogens is 1. The predicted octanol–water partition coefficient (Wildman–Crippen LogP) is 2.62. The lowest BCUT2D eigenvalue weighted by Crippen LogP contribution is -2.43. The number of carbonyl (C=O) groups excluding carboxylic acids is 1. The molecule has 3 N–H and O–H groups in total. The van der Waals surface area contributed by atoms with E-state index in [0.29, 0.717) is 24.7 Å². The highest BCUT2D eigenvalue weighted by molar-refractivity contribution is 14.0. The van der Waals surface area contributed by atoms with Crippen LogP contribution in [0.3, 0.4) is 0 Å². The van der Waals surface area contributed by atoms with Gasteiger partial charge in [0, 0.05) is 24.7 Å². The molecule has 24 heavy (non-hydrogen) atoms. The van der Waals surface area contributed by atoms with E-state index in [1.165, 1.54) is 0 Å². The fourth-order valence-corrected chi connectivity index (χ4v) is 2.47. The Hall–Kier alpha value is -1.57. The number of amides is 1. The van der Waals surface area contributed by atoms with Crippen LogP contribution in [-0.2, 0) is 0 Å². The summed E-state index contributed by atoms with van der Waals surface area (Å²) < 4.78 is 0. The van der Waals surface area contributed by atoms with Gasteiger partial charge in [-0.05, 0) is 38.8 Å². The lowest BCUT2D eigenvalue weighted by Gasteiger charge is -2.16. The first-order valence-electron chi connectivity index (χ1n) is 8.23. The quantitative estimate of drug-likeness (QED) is 0.209. The van der Waals surface area contributed by atoms with Crippen molar-refractivity contribution in [3.63, 3.8) is 0 Å². The summed E-state index contributed by atoms with van der Waals surface area (Å²) in [6.45, 7) is 5.91. The molecule has 1 aliphatic carbocycles. The molecule has 1 aromatic carbocycles. The van der Waals surface area contributed by atoms with Gasteiger partial charge in [0.2, 0.25) is 0 Å². The Morgan fingerprint density at radius 2 is 2.00 bits per heavy atom. The van der Waals surface area contributed by atoms with Gasteiger partial charge in [0.25, 0.3) is 5.91 Å². The second-order valence-corrected chi connectivity index (χ2v) is 5.67. The molecule has 0 fully saturated rings. The smallest absolute Gasteiger partial charge is 0.251 e. The van der Waals surface area contributed by atoms with Crippen molar-refractivity contribution in [3.8, 4) is 0 Å². The van der Waals surface area contributed by atoms with Crippen LogP contribution in [0.2, 0.25) is 0 Å². The average Bonchev–Trinajstić information content (AvgIpc) is 3.04. The Kier molecular flexibility index (Phi) is 9.44. The minimum absolute atomic E-state index is 0. The molecule has 0 unspecified atom stereocenters. The molecule has 1 aromatic rings. The predicted molar refractivity (Wildman–Crippen MR) is 110 cm³/mol. The number of carbonyl (C=O) groups is 1. The van der Waals surface area contributed by atoms with E-state index in [9.17, 15) is 4.79 Å². The number of hydrogen-bond donors (Lipinski definition) is 3. The Morgan fingerprint density at radius 3 is 2.67 bits per heavy atom. The maximum atomic E-state index is 12.0. The van der Waals surface area contributed by atoms with Crippen LogP contribution in [0.5, 0.6) is 0 Å². The lowest BCUT2D eigenvalue weighted by atomic mass is 10.1. The topological polar surface area (TPSA) is 65.5 Å². The third-order valence-electron chi connectivity index (χ3n) is 3.64. The van der Waals surface area contributed by atoms with E-state index < -0.39 is 0 Å². The molecule has 0 aromatic heterocycles. The van der Waals surface area contributed by atoms with Crippen molar-refractivity contribution in [2.24, 2.45) is 4.99 Å². The third kappa shape index (κ3) is 6.90. The number of aliphatic imine (C=N–C) groups is 1. The molecule has 0 saturated heterocycles. The van der Waals surface area contributed by atoms with E-state index in [0.717, 1.165) is 30.9 Å². The Balaban J connectivity index is 0.00000288. The third-order valence-corrected chi connectivity index (χ3v) is 3.64. The molecule has 0 atom stereocenters. The zero-order chi connectivity index (χ0) is 16.5. The number of benzene rings is 1. The first-order chi connectivity index (χ1) is 11.2. The molecule has 0 radical (unpaired) electrons. The van der Waals surface area contributed by atoms with Gasteiger partial charge >= 0.3 is 0 Å². The normalized spacial score (nSPS) is 14.2. The van der Waals surface area contributed by atoms with E-state index in [-0.39, 0.29) is 29.9 Å². The largest absolute Gasteiger partial charge is 0.357 e. The molecule has 132 valence electrons. The van der Waals surface area contributed by atoms with Crippen LogP contribution in [0.4, 0.5) is 0 Å². The molecule has 6 heteroatoms. The summed E-state index contributed by atoms with van der Waals surface area (Å²) in [6, 6.07) is 8.01. The van der Waals surface area contributed by atoms with Crippen LogP contribution in [-0.4, -0.2) is 37.5 Å². The van der Waals surface area contributed by atoms with Crippen LogP contribution in [0.1, 0.15) is 35.7 Å². The monoisotopic (exact) mass is 442 g/mol. The summed E-state index contributed by atoms with van der Waals surface area (Å²) in [6.07, 6.45) is 6.44. The maximum absolute atomic E-state index is 12.0. The van der Waals surface area contributed by atoms with Crippen molar-refractivity contribution in [1.82, 2.24) is 16.0 Å². The zero-order valence-corrected chi connectivity index (χ0v) is 16.7. The summed E-state index contributed by atoms with van der Waals surface area (Å²) in [5.74, 6) is 0.757. The summed E-state index contributed by atoms with van der Waals surface area (Å²) >= 11 is 0. The Morgan fingerprint density at radius 1 is 1.25 bits per heavy atom. The summed E-state index contributed by atoms with van der Waals surface area (Å²) in [7, 11) is 0. The Bertz CT molecular complexity index is 578. The van der Waals surface area contributed by atoms with Crippen LogP contribution in [0, 0.1) is 6.92 Å². The SMILES string of the molecule is CCNC(=NCCNC(=O)c1cccc(C)c1)NC1CC=CC1.I. The molecular weight excluding hydrogens is 415 g/mol. The second kappa shape index (κ2) is 11.1. The van der Waals surface area contributed by atoms with Crippen LogP contribution in [0.25, 0.3) is 0 Å². The highest BCUT2D eigenvalue weighted by Gasteiger charge is 2.11. The summed E-state index contributed by atoms with van der Waals surface area (Å²) in [5.41, 5.74) is 1.77. The highest BCUT2D eigenvalue weighted by atomic mass is 127. The number of aryl methyl sites for hydroxylation is 1. The second-order valence-electron chi connectivity index (χ2n) is 5.67. The van der Waals surface area contributed by atoms with Crippen LogP contribution < -0.4 is 16.0 Å². The minimum atomic E-state index is -0.0538. The first kappa shape index (κ1) is 20.5. The molecule has 2 rings (SSSR count). The number of guanidine groups is 1. The number of hydrogen-bond acceptors (Lipinski definition) is 2. The number of nitrogens with zero attached hydrogens (tertiary/aromatic N) is 1. The van der Waals surface area contributed by atoms with Gasteiger partial charge in [-0.3, -0.25) is 9.79 Å². The van der Waals surface area contributed by atoms with Crippen molar-refractivity contribution in [2.45, 2.75) is 32.7 Å². The summed E-state index contributed by atoms with van der Waals surface area (Å²) in [4.78, 5) is 16.6. The van der Waals surface area contributed by atoms with Gasteiger partial charge in [0.05, 0.1) is 6.54 Å². The van der Waals surface area contributed by atoms with Crippen molar-refractivity contribution >= 4 is 35.8 Å². The van der Waals surface area contributed by atoms with Gasteiger partial charge in [-0.2, -0.15) is 0 Å². The maximum Gasteiger partial charge on any atom is 0.251 e. The van der Waals surface area contributed by atoms with Gasteiger partial charge in [0.1, 0.15) is 0 Å². The van der Waals surface area contributed by atoms with Crippen LogP contribution in [0.15, 0.2) is 41.4 Å².